The van der Waals surface area contributed by atoms with E-state index in [0.29, 0.717) is 0 Å². The molecule has 30 rings (SSSR count). The summed E-state index contributed by atoms with van der Waals surface area (Å²) < 4.78 is 14.4. The van der Waals surface area contributed by atoms with Gasteiger partial charge in [0, 0.05) is 98.8 Å². The van der Waals surface area contributed by atoms with Gasteiger partial charge >= 0.3 is 0 Å². The lowest BCUT2D eigenvalue weighted by molar-refractivity contribution is 1.18. The van der Waals surface area contributed by atoms with Crippen molar-refractivity contribution >= 4 is 131 Å². The molecule has 6 heterocycles. The van der Waals surface area contributed by atoms with E-state index < -0.39 is 0 Å². The Labute approximate surface area is 868 Å². The Morgan fingerprint density at radius 3 is 0.580 bits per heavy atom. The third-order valence-electron chi connectivity index (χ3n) is 30.4. The van der Waals surface area contributed by atoms with E-state index in [1.54, 1.807) is 0 Å². The van der Waals surface area contributed by atoms with Gasteiger partial charge in [0.1, 0.15) is 0 Å². The van der Waals surface area contributed by atoms with Crippen LogP contribution in [0.25, 0.3) is 265 Å². The van der Waals surface area contributed by atoms with Crippen LogP contribution in [-0.4, -0.2) is 27.4 Å². The second kappa shape index (κ2) is 37.4. The molecule has 0 atom stereocenters. The largest absolute Gasteiger partial charge is 0.309 e. The zero-order valence-corrected chi connectivity index (χ0v) is 82.1. The predicted molar refractivity (Wildman–Crippen MR) is 634 cm³/mol. The van der Waals surface area contributed by atoms with E-state index in [0.717, 1.165) is 17.1 Å². The summed E-state index contributed by atoms with van der Waals surface area (Å²) >= 11 is 0. The first-order valence-corrected chi connectivity index (χ1v) is 51.6. The molecule has 0 saturated heterocycles. The molecule has 150 heavy (non-hydrogen) atoms. The quantitative estimate of drug-likeness (QED) is 0.0979. The molecule has 0 saturated carbocycles. The number of fused-ring (bicyclic) bond motifs is 18. The Morgan fingerprint density at radius 2 is 0.260 bits per heavy atom. The van der Waals surface area contributed by atoms with Crippen LogP contribution >= 0.6 is 0 Å². The monoisotopic (exact) mass is 1910 g/mol. The second-order valence-electron chi connectivity index (χ2n) is 39.0. The van der Waals surface area contributed by atoms with E-state index in [1.165, 1.54) is 248 Å². The third-order valence-corrected chi connectivity index (χ3v) is 30.4. The van der Waals surface area contributed by atoms with Crippen molar-refractivity contribution < 1.29 is 0 Å². The first-order chi connectivity index (χ1) is 74.4. The summed E-state index contributed by atoms with van der Waals surface area (Å²) in [5.41, 5.74) is 43.4. The van der Waals surface area contributed by atoms with Gasteiger partial charge in [0.2, 0.25) is 0 Å². The summed E-state index contributed by atoms with van der Waals surface area (Å²) in [5, 5.41) is 15.1. The minimum absolute atomic E-state index is 1.15. The molecule has 6 heteroatoms. The lowest BCUT2D eigenvalue weighted by Crippen LogP contribution is -1.94. The summed E-state index contributed by atoms with van der Waals surface area (Å²) in [6.45, 7) is 0. The highest BCUT2D eigenvalue weighted by Gasteiger charge is 2.25. The molecule has 0 amide bonds. The SMILES string of the molecule is c1ccc(-c2ccc(-c3ccc(-n4c5ccccc5c5c(-c6ccc7c(c6)c6ccccc6n7-c6ccccc6)cccc54)cc3)cc2)cc1.c1ccc(-c2ccc(-n3c4ccc(-c5ccccc5)cc4c4cc(-c5ccc6c(c5)c5ccccc5n6-c5ccccc5)ccc43)cc2)cc1.c1ccc(-c2cccc(-n3c4ccc(-c5ccccc5)cc4c4cc(-c5ccc6c(c5)c5ccccc5n6-c5ccccc5)ccc43)c2)cc1. The van der Waals surface area contributed by atoms with Crippen LogP contribution in [0.4, 0.5) is 0 Å². The maximum atomic E-state index is 2.42. The van der Waals surface area contributed by atoms with Gasteiger partial charge in [-0.1, -0.05) is 394 Å². The summed E-state index contributed by atoms with van der Waals surface area (Å²) in [4.78, 5) is 0. The van der Waals surface area contributed by atoms with Crippen molar-refractivity contribution in [1.82, 2.24) is 27.4 Å². The van der Waals surface area contributed by atoms with Crippen LogP contribution in [0.2, 0.25) is 0 Å². The first kappa shape index (κ1) is 87.8. The van der Waals surface area contributed by atoms with Crippen molar-refractivity contribution in [2.45, 2.75) is 0 Å². The number of para-hydroxylation sites is 7. The molecule has 702 valence electrons. The molecular weight excluding hydrogens is 1810 g/mol. The van der Waals surface area contributed by atoms with Gasteiger partial charge in [-0.3, -0.25) is 0 Å². The summed E-state index contributed by atoms with van der Waals surface area (Å²) in [6, 6.07) is 211. The van der Waals surface area contributed by atoms with Gasteiger partial charge in [0.25, 0.3) is 0 Å². The molecule has 6 aromatic heterocycles. The number of hydrogen-bond donors (Lipinski definition) is 0. The minimum atomic E-state index is 1.15. The van der Waals surface area contributed by atoms with E-state index in [2.05, 4.69) is 610 Å². The smallest absolute Gasteiger partial charge is 0.0547 e. The molecule has 0 N–H and O–H groups in total. The fourth-order valence-electron chi connectivity index (χ4n) is 23.3. The lowest BCUT2D eigenvalue weighted by atomic mass is 9.98. The van der Waals surface area contributed by atoms with Gasteiger partial charge in [-0.2, -0.15) is 0 Å². The first-order valence-electron chi connectivity index (χ1n) is 51.6. The lowest BCUT2D eigenvalue weighted by Gasteiger charge is -2.11. The van der Waals surface area contributed by atoms with Gasteiger partial charge in [0.05, 0.1) is 66.2 Å². The normalized spacial score (nSPS) is 11.6. The molecule has 0 radical (unpaired) electrons. The Morgan fingerprint density at radius 1 is 0.0867 bits per heavy atom. The fraction of sp³-hybridized carbons (Fsp3) is 0. The van der Waals surface area contributed by atoms with Crippen LogP contribution in [0.1, 0.15) is 0 Å². The highest BCUT2D eigenvalue weighted by Crippen LogP contribution is 2.47. The summed E-state index contributed by atoms with van der Waals surface area (Å²) in [6.07, 6.45) is 0. The fourth-order valence-corrected chi connectivity index (χ4v) is 23.3. The van der Waals surface area contributed by atoms with Crippen LogP contribution in [0.5, 0.6) is 0 Å². The zero-order chi connectivity index (χ0) is 99.1. The average molecular weight is 1910 g/mol. The number of rotatable bonds is 15. The summed E-state index contributed by atoms with van der Waals surface area (Å²) in [5.74, 6) is 0. The van der Waals surface area contributed by atoms with Crippen LogP contribution in [-0.2, 0) is 0 Å². The molecule has 30 aromatic rings. The van der Waals surface area contributed by atoms with Crippen molar-refractivity contribution in [3.8, 4) is 134 Å². The molecule has 0 unspecified atom stereocenters. The van der Waals surface area contributed by atoms with Gasteiger partial charge in [-0.15, -0.1) is 0 Å². The zero-order valence-electron chi connectivity index (χ0n) is 82.1. The highest BCUT2D eigenvalue weighted by atomic mass is 15.0. The molecule has 0 aliphatic heterocycles. The maximum Gasteiger partial charge on any atom is 0.0547 e. The van der Waals surface area contributed by atoms with Crippen LogP contribution in [0.15, 0.2) is 582 Å². The topological polar surface area (TPSA) is 29.6 Å². The second-order valence-corrected chi connectivity index (χ2v) is 39.0. The van der Waals surface area contributed by atoms with Crippen molar-refractivity contribution in [2.75, 3.05) is 0 Å². The van der Waals surface area contributed by atoms with Gasteiger partial charge < -0.3 is 27.4 Å². The van der Waals surface area contributed by atoms with Crippen molar-refractivity contribution in [3.05, 3.63) is 582 Å². The van der Waals surface area contributed by atoms with Crippen LogP contribution in [0.3, 0.4) is 0 Å². The van der Waals surface area contributed by atoms with Gasteiger partial charge in [0.15, 0.2) is 0 Å². The van der Waals surface area contributed by atoms with Crippen LogP contribution < -0.4 is 0 Å². The van der Waals surface area contributed by atoms with Crippen molar-refractivity contribution in [3.63, 3.8) is 0 Å². The Bertz CT molecular complexity index is 10400. The van der Waals surface area contributed by atoms with Crippen molar-refractivity contribution in [2.24, 2.45) is 0 Å². The van der Waals surface area contributed by atoms with Gasteiger partial charge in [-0.25, -0.2) is 0 Å². The molecule has 6 nitrogen and oxygen atoms in total. The van der Waals surface area contributed by atoms with E-state index in [9.17, 15) is 0 Å². The highest BCUT2D eigenvalue weighted by molar-refractivity contribution is 6.20. The standard InChI is InChI=1S/3C48H32N2/c1-4-13-33(14-5-1)35-17-12-20-40(29-35)50-47-26-23-36(34-15-6-2-7-16-34)30-43(47)44-32-38(25-28-48(44)50)37-24-27-46-42(31-37)41-21-10-11-22-45(41)49(46)39-18-8-3-9-19-39;1-4-12-33(13-5-1)35-20-25-40(26-21-35)50-47-27-22-36(34-14-6-2-7-15-34)30-43(47)44-32-38(24-29-48(44)50)37-23-28-46-42(31-37)41-18-10-11-19-45(41)49(46)39-16-8-3-9-17-39;1-3-12-33(13-4-1)34-22-24-35(25-23-34)36-26-29-39(30-27-36)50-45-20-10-8-17-42(45)48-40(18-11-21-47(48)50)37-28-31-46-43(32-37)41-16-7-9-19-44(41)49(46)38-14-5-2-6-15-38/h3*1-32H. The summed E-state index contributed by atoms with van der Waals surface area (Å²) in [7, 11) is 0. The van der Waals surface area contributed by atoms with Crippen LogP contribution in [0, 0.1) is 0 Å². The predicted octanol–water partition coefficient (Wildman–Crippen LogP) is 38.6. The third kappa shape index (κ3) is 15.5. The van der Waals surface area contributed by atoms with E-state index in [1.807, 2.05) is 0 Å². The number of hydrogen-bond acceptors (Lipinski definition) is 0. The molecule has 0 fully saturated rings. The molecule has 0 aliphatic carbocycles. The number of benzene rings is 24. The van der Waals surface area contributed by atoms with E-state index in [-0.39, 0.29) is 0 Å². The number of aromatic nitrogens is 6. The minimum Gasteiger partial charge on any atom is -0.309 e. The maximum absolute atomic E-state index is 2.42. The van der Waals surface area contributed by atoms with E-state index >= 15 is 0 Å². The molecule has 0 bridgehead atoms. The molecule has 0 spiro atoms. The van der Waals surface area contributed by atoms with Crippen molar-refractivity contribution in [1.29, 1.82) is 0 Å². The van der Waals surface area contributed by atoms with Gasteiger partial charge in [-0.05, 0) is 288 Å². The number of nitrogens with zero attached hydrogens (tertiary/aromatic N) is 6. The Hall–Kier alpha value is -19.9. The Kier molecular flexibility index (Phi) is 21.9. The molecular formula is C144H96N6. The molecule has 24 aromatic carbocycles. The molecule has 0 aliphatic rings. The van der Waals surface area contributed by atoms with E-state index in [4.69, 9.17) is 0 Å². The average Bonchev–Trinajstić information content (AvgIpc) is 1.58. The Balaban J connectivity index is 0.000000108.